The summed E-state index contributed by atoms with van der Waals surface area (Å²) in [6.07, 6.45) is 8.10. The van der Waals surface area contributed by atoms with Gasteiger partial charge < -0.3 is 14.9 Å². The Morgan fingerprint density at radius 2 is 1.74 bits per heavy atom. The van der Waals surface area contributed by atoms with Gasteiger partial charge in [-0.15, -0.1) is 0 Å². The highest BCUT2D eigenvalue weighted by Crippen LogP contribution is 2.26. The van der Waals surface area contributed by atoms with Gasteiger partial charge in [0, 0.05) is 6.92 Å². The van der Waals surface area contributed by atoms with Crippen LogP contribution in [0.5, 0.6) is 0 Å². The minimum absolute atomic E-state index is 0.0603. The first-order chi connectivity index (χ1) is 12.6. The van der Waals surface area contributed by atoms with Crippen molar-refractivity contribution < 1.29 is 24.5 Å². The van der Waals surface area contributed by atoms with Gasteiger partial charge in [-0.3, -0.25) is 9.59 Å². The van der Waals surface area contributed by atoms with Crippen molar-refractivity contribution in [3.05, 3.63) is 23.8 Å². The molecule has 5 nitrogen and oxygen atoms in total. The third kappa shape index (κ3) is 12.4. The van der Waals surface area contributed by atoms with Crippen LogP contribution in [-0.4, -0.2) is 34.4 Å². The molecule has 0 spiro atoms. The number of rotatable bonds is 13. The SMILES string of the molecule is CCC(C)C(OC(C)=O)C(C)CC(C)/C=C(C)/C=C/CCC(O)CC(=O)O. The number of hydrogen-bond donors (Lipinski definition) is 2. The van der Waals surface area contributed by atoms with Crippen LogP contribution in [0.15, 0.2) is 23.8 Å². The van der Waals surface area contributed by atoms with E-state index in [9.17, 15) is 14.7 Å². The topological polar surface area (TPSA) is 83.8 Å². The first-order valence-electron chi connectivity index (χ1n) is 9.98. The number of ether oxygens (including phenoxy) is 1. The predicted molar refractivity (Wildman–Crippen MR) is 108 cm³/mol. The summed E-state index contributed by atoms with van der Waals surface area (Å²) >= 11 is 0. The second-order valence-corrected chi connectivity index (χ2v) is 7.79. The van der Waals surface area contributed by atoms with E-state index in [-0.39, 0.29) is 24.4 Å². The van der Waals surface area contributed by atoms with E-state index in [1.54, 1.807) is 0 Å². The zero-order valence-corrected chi connectivity index (χ0v) is 17.8. The molecule has 0 aromatic heterocycles. The van der Waals surface area contributed by atoms with Crippen LogP contribution in [0.1, 0.15) is 73.6 Å². The highest BCUT2D eigenvalue weighted by atomic mass is 16.5. The van der Waals surface area contributed by atoms with Crippen LogP contribution in [-0.2, 0) is 14.3 Å². The van der Waals surface area contributed by atoms with Crippen LogP contribution < -0.4 is 0 Å². The van der Waals surface area contributed by atoms with Gasteiger partial charge in [0.1, 0.15) is 6.10 Å². The maximum absolute atomic E-state index is 11.4. The minimum Gasteiger partial charge on any atom is -0.481 e. The van der Waals surface area contributed by atoms with Crippen LogP contribution in [0, 0.1) is 17.8 Å². The Bertz CT molecular complexity index is 509. The molecule has 5 atom stereocenters. The number of carboxylic acids is 1. The van der Waals surface area contributed by atoms with Gasteiger partial charge in [0.15, 0.2) is 0 Å². The fourth-order valence-corrected chi connectivity index (χ4v) is 3.37. The van der Waals surface area contributed by atoms with Crippen LogP contribution in [0.4, 0.5) is 0 Å². The van der Waals surface area contributed by atoms with Gasteiger partial charge >= 0.3 is 11.9 Å². The van der Waals surface area contributed by atoms with Crippen LogP contribution in [0.2, 0.25) is 0 Å². The zero-order chi connectivity index (χ0) is 21.0. The number of aliphatic carboxylic acids is 1. The Morgan fingerprint density at radius 1 is 1.11 bits per heavy atom. The van der Waals surface area contributed by atoms with Crippen molar-refractivity contribution in [3.63, 3.8) is 0 Å². The number of carbonyl (C=O) groups is 2. The average molecular weight is 383 g/mol. The smallest absolute Gasteiger partial charge is 0.305 e. The van der Waals surface area contributed by atoms with Crippen LogP contribution in [0.3, 0.4) is 0 Å². The second kappa shape index (κ2) is 13.5. The summed E-state index contributed by atoms with van der Waals surface area (Å²) in [5.74, 6) is -0.241. The summed E-state index contributed by atoms with van der Waals surface area (Å²) in [6.45, 7) is 12.0. The number of carboxylic acid groups (broad SMARTS) is 1. The fraction of sp³-hybridized carbons (Fsp3) is 0.727. The Hall–Kier alpha value is -1.62. The lowest BCUT2D eigenvalue weighted by molar-refractivity contribution is -0.152. The van der Waals surface area contributed by atoms with Gasteiger partial charge in [-0.2, -0.15) is 0 Å². The van der Waals surface area contributed by atoms with Gasteiger partial charge in [-0.1, -0.05) is 57.9 Å². The summed E-state index contributed by atoms with van der Waals surface area (Å²) in [5, 5.41) is 18.2. The minimum atomic E-state index is -0.977. The molecule has 5 heteroatoms. The molecule has 0 saturated heterocycles. The molecule has 0 aliphatic rings. The predicted octanol–water partition coefficient (Wildman–Crippen LogP) is 4.74. The van der Waals surface area contributed by atoms with Crippen LogP contribution >= 0.6 is 0 Å². The molecule has 0 aromatic rings. The third-order valence-corrected chi connectivity index (χ3v) is 4.82. The Labute approximate surface area is 164 Å². The lowest BCUT2D eigenvalue weighted by Gasteiger charge is -2.29. The van der Waals surface area contributed by atoms with Crippen molar-refractivity contribution in [1.82, 2.24) is 0 Å². The summed E-state index contributed by atoms with van der Waals surface area (Å²) in [7, 11) is 0. The number of hydrogen-bond acceptors (Lipinski definition) is 4. The van der Waals surface area contributed by atoms with Crippen molar-refractivity contribution in [3.8, 4) is 0 Å². The molecular weight excluding hydrogens is 344 g/mol. The van der Waals surface area contributed by atoms with E-state index < -0.39 is 12.1 Å². The highest BCUT2D eigenvalue weighted by molar-refractivity contribution is 5.67. The normalized spacial score (nSPS) is 18.0. The molecule has 0 fully saturated rings. The number of aliphatic hydroxyl groups excluding tert-OH is 1. The van der Waals surface area contributed by atoms with E-state index in [4.69, 9.17) is 9.84 Å². The van der Waals surface area contributed by atoms with E-state index in [1.807, 2.05) is 19.1 Å². The Kier molecular flexibility index (Phi) is 12.7. The number of esters is 1. The highest BCUT2D eigenvalue weighted by Gasteiger charge is 2.26. The molecule has 0 aromatic carbocycles. The van der Waals surface area contributed by atoms with Crippen molar-refractivity contribution in [2.24, 2.45) is 17.8 Å². The van der Waals surface area contributed by atoms with Gasteiger partial charge in [-0.05, 0) is 43.9 Å². The molecule has 156 valence electrons. The van der Waals surface area contributed by atoms with Crippen molar-refractivity contribution >= 4 is 11.9 Å². The second-order valence-electron chi connectivity index (χ2n) is 7.79. The molecule has 0 aliphatic heterocycles. The molecule has 0 rings (SSSR count). The molecule has 0 bridgehead atoms. The molecule has 0 radical (unpaired) electrons. The zero-order valence-electron chi connectivity index (χ0n) is 17.8. The molecule has 0 amide bonds. The lowest BCUT2D eigenvalue weighted by Crippen LogP contribution is -2.31. The molecule has 0 heterocycles. The summed E-state index contributed by atoms with van der Waals surface area (Å²) in [4.78, 5) is 21.9. The summed E-state index contributed by atoms with van der Waals surface area (Å²) < 4.78 is 5.56. The first kappa shape index (κ1) is 25.4. The monoisotopic (exact) mass is 382 g/mol. The molecule has 5 unspecified atom stereocenters. The molecule has 0 saturated carbocycles. The number of aliphatic hydroxyl groups is 1. The molecular formula is C22H38O5. The number of carbonyl (C=O) groups excluding carboxylic acids is 1. The standard InChI is InChI=1S/C22H38O5/c1-7-17(4)22(27-19(6)23)18(5)13-16(3)12-15(2)10-8-9-11-20(24)14-21(25)26/h8,10,12,16-18,20,22,24H,7,9,11,13-14H2,1-6H3,(H,25,26)/b10-8+,15-12+. The first-order valence-corrected chi connectivity index (χ1v) is 9.98. The van der Waals surface area contributed by atoms with Crippen molar-refractivity contribution in [1.29, 1.82) is 0 Å². The van der Waals surface area contributed by atoms with Crippen LogP contribution in [0.25, 0.3) is 0 Å². The fourth-order valence-electron chi connectivity index (χ4n) is 3.37. The molecule has 0 aliphatic carbocycles. The van der Waals surface area contributed by atoms with E-state index in [0.29, 0.717) is 24.7 Å². The van der Waals surface area contributed by atoms with Crippen molar-refractivity contribution in [2.45, 2.75) is 85.9 Å². The van der Waals surface area contributed by atoms with E-state index >= 15 is 0 Å². The van der Waals surface area contributed by atoms with Gasteiger partial charge in [0.2, 0.25) is 0 Å². The molecule has 27 heavy (non-hydrogen) atoms. The summed E-state index contributed by atoms with van der Waals surface area (Å²) in [6, 6.07) is 0. The maximum atomic E-state index is 11.4. The average Bonchev–Trinajstić information content (AvgIpc) is 2.54. The number of allylic oxidation sites excluding steroid dienone is 4. The van der Waals surface area contributed by atoms with E-state index in [0.717, 1.165) is 18.4 Å². The van der Waals surface area contributed by atoms with Gasteiger partial charge in [0.05, 0.1) is 12.5 Å². The quantitative estimate of drug-likeness (QED) is 0.355. The Balaban J connectivity index is 4.57. The van der Waals surface area contributed by atoms with E-state index in [2.05, 4.69) is 33.8 Å². The largest absolute Gasteiger partial charge is 0.481 e. The van der Waals surface area contributed by atoms with Crippen molar-refractivity contribution in [2.75, 3.05) is 0 Å². The summed E-state index contributed by atoms with van der Waals surface area (Å²) in [5.41, 5.74) is 1.13. The lowest BCUT2D eigenvalue weighted by atomic mass is 9.85. The van der Waals surface area contributed by atoms with E-state index in [1.165, 1.54) is 6.92 Å². The molecule has 2 N–H and O–H groups in total. The third-order valence-electron chi connectivity index (χ3n) is 4.82. The van der Waals surface area contributed by atoms with Gasteiger partial charge in [0.25, 0.3) is 0 Å². The van der Waals surface area contributed by atoms with Gasteiger partial charge in [-0.25, -0.2) is 0 Å². The maximum Gasteiger partial charge on any atom is 0.305 e. The Morgan fingerprint density at radius 3 is 2.26 bits per heavy atom.